The minimum Gasteiger partial charge on any atom is -0.372 e. The average molecular weight is 377 g/mol. The Bertz CT molecular complexity index is 1000. The lowest BCUT2D eigenvalue weighted by atomic mass is 10.0. The van der Waals surface area contributed by atoms with Crippen molar-refractivity contribution in [1.82, 2.24) is 19.5 Å². The van der Waals surface area contributed by atoms with Crippen molar-refractivity contribution in [3.05, 3.63) is 70.4 Å². The lowest BCUT2D eigenvalue weighted by Crippen LogP contribution is -2.33. The molecule has 1 atom stereocenters. The highest BCUT2D eigenvalue weighted by Gasteiger charge is 2.22. The Balaban J connectivity index is 1.60. The number of hydrogen-bond donors (Lipinski definition) is 0. The van der Waals surface area contributed by atoms with Crippen molar-refractivity contribution >= 4 is 5.95 Å². The first-order valence-electron chi connectivity index (χ1n) is 9.39. The normalized spacial score (nSPS) is 17.4. The predicted octanol–water partition coefficient (Wildman–Crippen LogP) is 2.51. The SMILES string of the molecule is Cc1ccc(C2CCN(c3nc(-c4ccncn4)cc(=O)n3C)CCO2)cc1. The number of aryl methyl sites for hydroxylation is 1. The van der Waals surface area contributed by atoms with Crippen LogP contribution in [0, 0.1) is 6.92 Å². The van der Waals surface area contributed by atoms with Crippen LogP contribution < -0.4 is 10.5 Å². The molecular weight excluding hydrogens is 354 g/mol. The number of ether oxygens (including phenoxy) is 1. The first kappa shape index (κ1) is 18.3. The molecule has 0 spiro atoms. The molecule has 1 saturated heterocycles. The molecule has 0 N–H and O–H groups in total. The third-order valence-electron chi connectivity index (χ3n) is 5.03. The number of aromatic nitrogens is 4. The van der Waals surface area contributed by atoms with E-state index < -0.39 is 0 Å². The molecule has 0 amide bonds. The Hall–Kier alpha value is -3.06. The number of rotatable bonds is 3. The quantitative estimate of drug-likeness (QED) is 0.698. The molecule has 1 aromatic carbocycles. The van der Waals surface area contributed by atoms with Crippen LogP contribution in [0.4, 0.5) is 5.95 Å². The van der Waals surface area contributed by atoms with Crippen LogP contribution in [0.2, 0.25) is 0 Å². The van der Waals surface area contributed by atoms with Gasteiger partial charge in [-0.1, -0.05) is 29.8 Å². The van der Waals surface area contributed by atoms with E-state index in [9.17, 15) is 4.79 Å². The van der Waals surface area contributed by atoms with Gasteiger partial charge in [0, 0.05) is 32.4 Å². The summed E-state index contributed by atoms with van der Waals surface area (Å²) in [5.41, 5.74) is 3.50. The molecule has 0 saturated carbocycles. The van der Waals surface area contributed by atoms with E-state index in [2.05, 4.69) is 46.1 Å². The fraction of sp³-hybridized carbons (Fsp3) is 0.333. The highest BCUT2D eigenvalue weighted by molar-refractivity contribution is 5.55. The Morgan fingerprint density at radius 3 is 2.68 bits per heavy atom. The van der Waals surface area contributed by atoms with Gasteiger partial charge in [0.05, 0.1) is 24.1 Å². The second-order valence-electron chi connectivity index (χ2n) is 6.98. The van der Waals surface area contributed by atoms with Crippen LogP contribution in [-0.4, -0.2) is 39.2 Å². The third kappa shape index (κ3) is 3.80. The summed E-state index contributed by atoms with van der Waals surface area (Å²) in [4.78, 5) is 27.5. The van der Waals surface area contributed by atoms with E-state index >= 15 is 0 Å². The Morgan fingerprint density at radius 1 is 1.11 bits per heavy atom. The van der Waals surface area contributed by atoms with Crippen molar-refractivity contribution in [3.63, 3.8) is 0 Å². The summed E-state index contributed by atoms with van der Waals surface area (Å²) in [6.07, 6.45) is 3.98. The predicted molar refractivity (Wildman–Crippen MR) is 107 cm³/mol. The fourth-order valence-electron chi connectivity index (χ4n) is 3.40. The largest absolute Gasteiger partial charge is 0.372 e. The number of hydrogen-bond acceptors (Lipinski definition) is 6. The van der Waals surface area contributed by atoms with E-state index in [1.807, 2.05) is 0 Å². The van der Waals surface area contributed by atoms with Crippen LogP contribution >= 0.6 is 0 Å². The molecule has 0 bridgehead atoms. The minimum absolute atomic E-state index is 0.0488. The summed E-state index contributed by atoms with van der Waals surface area (Å²) < 4.78 is 7.67. The second-order valence-corrected chi connectivity index (χ2v) is 6.98. The van der Waals surface area contributed by atoms with Crippen LogP contribution in [0.25, 0.3) is 11.4 Å². The van der Waals surface area contributed by atoms with Crippen molar-refractivity contribution in [2.24, 2.45) is 7.05 Å². The maximum Gasteiger partial charge on any atom is 0.255 e. The van der Waals surface area contributed by atoms with Crippen molar-refractivity contribution in [2.75, 3.05) is 24.6 Å². The zero-order chi connectivity index (χ0) is 19.5. The van der Waals surface area contributed by atoms with Gasteiger partial charge < -0.3 is 9.64 Å². The Morgan fingerprint density at radius 2 is 1.93 bits per heavy atom. The number of benzene rings is 1. The molecular formula is C21H23N5O2. The lowest BCUT2D eigenvalue weighted by molar-refractivity contribution is 0.0647. The molecule has 7 nitrogen and oxygen atoms in total. The summed E-state index contributed by atoms with van der Waals surface area (Å²) in [6.45, 7) is 4.09. The standard InChI is InChI=1S/C21H23N5O2/c1-15-3-5-16(6-4-15)19-8-10-26(11-12-28-19)21-24-18(13-20(27)25(21)2)17-7-9-22-14-23-17/h3-7,9,13-14,19H,8,10-12H2,1-2H3. The van der Waals surface area contributed by atoms with Gasteiger partial charge >= 0.3 is 0 Å². The topological polar surface area (TPSA) is 73.1 Å². The fourth-order valence-corrected chi connectivity index (χ4v) is 3.40. The molecule has 3 aromatic rings. The van der Waals surface area contributed by atoms with Crippen LogP contribution in [-0.2, 0) is 11.8 Å². The zero-order valence-electron chi connectivity index (χ0n) is 16.1. The van der Waals surface area contributed by atoms with Crippen LogP contribution in [0.15, 0.2) is 53.7 Å². The molecule has 1 aliphatic rings. The second kappa shape index (κ2) is 7.90. The summed E-state index contributed by atoms with van der Waals surface area (Å²) in [6, 6.07) is 11.7. The summed E-state index contributed by atoms with van der Waals surface area (Å²) >= 11 is 0. The molecule has 4 rings (SSSR count). The van der Waals surface area contributed by atoms with Gasteiger partial charge in [-0.05, 0) is 25.0 Å². The van der Waals surface area contributed by atoms with Crippen molar-refractivity contribution in [3.8, 4) is 11.4 Å². The minimum atomic E-state index is -0.112. The van der Waals surface area contributed by atoms with E-state index in [4.69, 9.17) is 9.72 Å². The molecule has 144 valence electrons. The van der Waals surface area contributed by atoms with Gasteiger partial charge in [-0.3, -0.25) is 9.36 Å². The van der Waals surface area contributed by atoms with Gasteiger partial charge in [-0.25, -0.2) is 15.0 Å². The third-order valence-corrected chi connectivity index (χ3v) is 5.03. The first-order chi connectivity index (χ1) is 13.6. The summed E-state index contributed by atoms with van der Waals surface area (Å²) in [5, 5.41) is 0. The zero-order valence-corrected chi connectivity index (χ0v) is 16.1. The highest BCUT2D eigenvalue weighted by Crippen LogP contribution is 2.26. The number of anilines is 1. The lowest BCUT2D eigenvalue weighted by Gasteiger charge is -2.23. The molecule has 3 heterocycles. The maximum absolute atomic E-state index is 12.5. The molecule has 7 heteroatoms. The monoisotopic (exact) mass is 377 g/mol. The van der Waals surface area contributed by atoms with E-state index in [1.165, 1.54) is 23.5 Å². The maximum atomic E-state index is 12.5. The number of nitrogens with zero attached hydrogens (tertiary/aromatic N) is 5. The van der Waals surface area contributed by atoms with E-state index in [0.717, 1.165) is 13.0 Å². The van der Waals surface area contributed by atoms with Crippen molar-refractivity contribution < 1.29 is 4.74 Å². The molecule has 0 radical (unpaired) electrons. The van der Waals surface area contributed by atoms with Crippen LogP contribution in [0.3, 0.4) is 0 Å². The summed E-state index contributed by atoms with van der Waals surface area (Å²) in [7, 11) is 1.75. The average Bonchev–Trinajstić information content (AvgIpc) is 2.97. The molecule has 2 aromatic heterocycles. The highest BCUT2D eigenvalue weighted by atomic mass is 16.5. The van der Waals surface area contributed by atoms with Gasteiger partial charge in [0.25, 0.3) is 5.56 Å². The molecule has 28 heavy (non-hydrogen) atoms. The van der Waals surface area contributed by atoms with Crippen LogP contribution in [0.5, 0.6) is 0 Å². The van der Waals surface area contributed by atoms with Gasteiger partial charge in [0.1, 0.15) is 6.33 Å². The van der Waals surface area contributed by atoms with E-state index in [-0.39, 0.29) is 11.7 Å². The molecule has 1 unspecified atom stereocenters. The Kier molecular flexibility index (Phi) is 5.16. The van der Waals surface area contributed by atoms with Gasteiger partial charge in [0.2, 0.25) is 5.95 Å². The molecule has 1 aliphatic heterocycles. The molecule has 0 aliphatic carbocycles. The van der Waals surface area contributed by atoms with Gasteiger partial charge in [-0.2, -0.15) is 0 Å². The Labute approximate surface area is 163 Å². The summed E-state index contributed by atoms with van der Waals surface area (Å²) in [5.74, 6) is 0.634. The molecule has 1 fully saturated rings. The van der Waals surface area contributed by atoms with E-state index in [1.54, 1.807) is 23.9 Å². The smallest absolute Gasteiger partial charge is 0.255 e. The van der Waals surface area contributed by atoms with Gasteiger partial charge in [-0.15, -0.1) is 0 Å². The van der Waals surface area contributed by atoms with Gasteiger partial charge in [0.15, 0.2) is 0 Å². The van der Waals surface area contributed by atoms with Crippen LogP contribution in [0.1, 0.15) is 23.7 Å². The van der Waals surface area contributed by atoms with Crippen molar-refractivity contribution in [1.29, 1.82) is 0 Å². The van der Waals surface area contributed by atoms with E-state index in [0.29, 0.717) is 30.5 Å². The first-order valence-corrected chi connectivity index (χ1v) is 9.39. The van der Waals surface area contributed by atoms with Crippen molar-refractivity contribution in [2.45, 2.75) is 19.4 Å².